The topological polar surface area (TPSA) is 111 Å². The largest absolute Gasteiger partial charge is 0.450 e. The molecule has 0 aliphatic carbocycles. The van der Waals surface area contributed by atoms with Gasteiger partial charge in [-0.05, 0) is 13.8 Å². The third-order valence-corrected chi connectivity index (χ3v) is 4.24. The third-order valence-electron chi connectivity index (χ3n) is 2.51. The molecule has 0 radical (unpaired) electrons. The van der Waals surface area contributed by atoms with Crippen molar-refractivity contribution < 1.29 is 27.5 Å². The standard InChI is InChI=1S/C10H18N2O6S/c1-3-17-9(13)11-7-5-19(15,16)6-8(7)12-10(14)18-4-2/h7-8H,3-6H2,1-2H3,(H,11,13)(H,12,14)/t7-,8-/m0/s1. The molecule has 19 heavy (non-hydrogen) atoms. The molecule has 0 unspecified atom stereocenters. The average molecular weight is 294 g/mol. The first-order valence-electron chi connectivity index (χ1n) is 5.95. The highest BCUT2D eigenvalue weighted by molar-refractivity contribution is 7.91. The Hall–Kier alpha value is -1.51. The zero-order valence-corrected chi connectivity index (χ0v) is 11.7. The fraction of sp³-hybridized carbons (Fsp3) is 0.800. The molecule has 110 valence electrons. The third kappa shape index (κ3) is 4.93. The Labute approximate surface area is 111 Å². The van der Waals surface area contributed by atoms with Crippen molar-refractivity contribution in [3.63, 3.8) is 0 Å². The van der Waals surface area contributed by atoms with E-state index < -0.39 is 34.1 Å². The summed E-state index contributed by atoms with van der Waals surface area (Å²) >= 11 is 0. The smallest absolute Gasteiger partial charge is 0.407 e. The molecule has 2 N–H and O–H groups in total. The van der Waals surface area contributed by atoms with E-state index in [1.54, 1.807) is 13.8 Å². The number of hydrogen-bond acceptors (Lipinski definition) is 6. The molecular formula is C10H18N2O6S. The molecule has 0 aromatic heterocycles. The molecule has 1 aliphatic heterocycles. The lowest BCUT2D eigenvalue weighted by Gasteiger charge is -2.19. The zero-order chi connectivity index (χ0) is 14.5. The molecule has 8 nitrogen and oxygen atoms in total. The van der Waals surface area contributed by atoms with Crippen molar-refractivity contribution in [2.75, 3.05) is 24.7 Å². The molecule has 2 atom stereocenters. The van der Waals surface area contributed by atoms with Gasteiger partial charge in [-0.3, -0.25) is 0 Å². The van der Waals surface area contributed by atoms with Crippen LogP contribution < -0.4 is 10.6 Å². The quantitative estimate of drug-likeness (QED) is 0.733. The van der Waals surface area contributed by atoms with E-state index in [0.29, 0.717) is 0 Å². The zero-order valence-electron chi connectivity index (χ0n) is 10.8. The number of sulfone groups is 1. The molecule has 0 saturated carbocycles. The summed E-state index contributed by atoms with van der Waals surface area (Å²) in [4.78, 5) is 22.6. The minimum absolute atomic E-state index is 0.182. The van der Waals surface area contributed by atoms with Crippen LogP contribution in [0.15, 0.2) is 0 Å². The molecule has 9 heteroatoms. The van der Waals surface area contributed by atoms with E-state index in [-0.39, 0.29) is 24.7 Å². The Morgan fingerprint density at radius 3 is 1.68 bits per heavy atom. The van der Waals surface area contributed by atoms with Gasteiger partial charge in [-0.1, -0.05) is 0 Å². The maximum absolute atomic E-state index is 11.5. The number of ether oxygens (including phenoxy) is 2. The number of amides is 2. The summed E-state index contributed by atoms with van der Waals surface area (Å²) in [5.41, 5.74) is 0. The van der Waals surface area contributed by atoms with Gasteiger partial charge in [-0.15, -0.1) is 0 Å². The fourth-order valence-corrected chi connectivity index (χ4v) is 3.64. The highest BCUT2D eigenvalue weighted by Crippen LogP contribution is 2.13. The van der Waals surface area contributed by atoms with Gasteiger partial charge < -0.3 is 20.1 Å². The van der Waals surface area contributed by atoms with Crippen molar-refractivity contribution in [3.8, 4) is 0 Å². The van der Waals surface area contributed by atoms with Crippen molar-refractivity contribution in [2.24, 2.45) is 0 Å². The first-order valence-corrected chi connectivity index (χ1v) is 7.77. The number of nitrogens with one attached hydrogen (secondary N) is 2. The highest BCUT2D eigenvalue weighted by Gasteiger charge is 2.39. The minimum atomic E-state index is -3.31. The van der Waals surface area contributed by atoms with Gasteiger partial charge in [-0.2, -0.15) is 0 Å². The summed E-state index contributed by atoms with van der Waals surface area (Å²) in [7, 11) is -3.31. The highest BCUT2D eigenvalue weighted by atomic mass is 32.2. The summed E-state index contributed by atoms with van der Waals surface area (Å²) in [6.07, 6.45) is -1.42. The van der Waals surface area contributed by atoms with Crippen LogP contribution in [0.5, 0.6) is 0 Å². The van der Waals surface area contributed by atoms with Crippen molar-refractivity contribution >= 4 is 22.0 Å². The fourth-order valence-electron chi connectivity index (χ4n) is 1.78. The lowest BCUT2D eigenvalue weighted by atomic mass is 10.2. The van der Waals surface area contributed by atoms with Crippen LogP contribution in [0.25, 0.3) is 0 Å². The second kappa shape index (κ2) is 6.60. The molecule has 1 saturated heterocycles. The molecule has 2 amide bonds. The molecule has 0 aromatic carbocycles. The lowest BCUT2D eigenvalue weighted by Crippen LogP contribution is -2.51. The van der Waals surface area contributed by atoms with E-state index >= 15 is 0 Å². The maximum Gasteiger partial charge on any atom is 0.407 e. The second-order valence-corrected chi connectivity index (χ2v) is 6.17. The number of carbonyl (C=O) groups is 2. The van der Waals surface area contributed by atoms with Crippen LogP contribution >= 0.6 is 0 Å². The van der Waals surface area contributed by atoms with Crippen molar-refractivity contribution in [1.29, 1.82) is 0 Å². The van der Waals surface area contributed by atoms with E-state index in [2.05, 4.69) is 20.1 Å². The minimum Gasteiger partial charge on any atom is -0.450 e. The first kappa shape index (κ1) is 15.5. The summed E-state index contributed by atoms with van der Waals surface area (Å²) in [5, 5.41) is 4.84. The monoisotopic (exact) mass is 294 g/mol. The number of carbonyl (C=O) groups excluding carboxylic acids is 2. The summed E-state index contributed by atoms with van der Waals surface area (Å²) in [5.74, 6) is -0.466. The summed E-state index contributed by atoms with van der Waals surface area (Å²) < 4.78 is 32.5. The maximum atomic E-state index is 11.5. The predicted molar refractivity (Wildman–Crippen MR) is 66.5 cm³/mol. The molecule has 0 bridgehead atoms. The molecule has 0 aromatic rings. The van der Waals surface area contributed by atoms with Crippen LogP contribution in [0.2, 0.25) is 0 Å². The van der Waals surface area contributed by atoms with Crippen LogP contribution in [0, 0.1) is 0 Å². The molecule has 1 heterocycles. The van der Waals surface area contributed by atoms with Gasteiger partial charge in [0.15, 0.2) is 9.84 Å². The molecular weight excluding hydrogens is 276 g/mol. The van der Waals surface area contributed by atoms with Crippen LogP contribution in [-0.4, -0.2) is 57.4 Å². The summed E-state index contributed by atoms with van der Waals surface area (Å²) in [6.45, 7) is 3.64. The molecule has 0 spiro atoms. The average Bonchev–Trinajstić information content (AvgIpc) is 2.53. The number of rotatable bonds is 4. The van der Waals surface area contributed by atoms with Crippen molar-refractivity contribution in [2.45, 2.75) is 25.9 Å². The van der Waals surface area contributed by atoms with Gasteiger partial charge in [-0.25, -0.2) is 18.0 Å². The van der Waals surface area contributed by atoms with Crippen LogP contribution in [0.3, 0.4) is 0 Å². The van der Waals surface area contributed by atoms with Gasteiger partial charge in [0, 0.05) is 0 Å². The van der Waals surface area contributed by atoms with Crippen LogP contribution in [-0.2, 0) is 19.3 Å². The first-order chi connectivity index (χ1) is 8.88. The van der Waals surface area contributed by atoms with Gasteiger partial charge in [0.05, 0.1) is 36.8 Å². The SMILES string of the molecule is CCOC(=O)N[C@H]1CS(=O)(=O)C[C@@H]1NC(=O)OCC. The normalized spacial score (nSPS) is 24.5. The van der Waals surface area contributed by atoms with Gasteiger partial charge >= 0.3 is 12.2 Å². The van der Waals surface area contributed by atoms with Gasteiger partial charge in [0.2, 0.25) is 0 Å². The Balaban J connectivity index is 2.65. The Morgan fingerprint density at radius 1 is 1.00 bits per heavy atom. The lowest BCUT2D eigenvalue weighted by molar-refractivity contribution is 0.139. The number of alkyl carbamates (subject to hydrolysis) is 2. The molecule has 1 rings (SSSR count). The van der Waals surface area contributed by atoms with Gasteiger partial charge in [0.1, 0.15) is 0 Å². The molecule has 1 fully saturated rings. The van der Waals surface area contributed by atoms with Gasteiger partial charge in [0.25, 0.3) is 0 Å². The van der Waals surface area contributed by atoms with E-state index in [1.165, 1.54) is 0 Å². The molecule has 1 aliphatic rings. The van der Waals surface area contributed by atoms with Crippen molar-refractivity contribution in [3.05, 3.63) is 0 Å². The van der Waals surface area contributed by atoms with Crippen molar-refractivity contribution in [1.82, 2.24) is 10.6 Å². The van der Waals surface area contributed by atoms with Crippen LogP contribution in [0.4, 0.5) is 9.59 Å². The van der Waals surface area contributed by atoms with E-state index in [4.69, 9.17) is 0 Å². The Bertz CT molecular complexity index is 401. The second-order valence-electron chi connectivity index (χ2n) is 4.02. The number of hydrogen-bond donors (Lipinski definition) is 2. The van der Waals surface area contributed by atoms with Crippen LogP contribution in [0.1, 0.15) is 13.8 Å². The Kier molecular flexibility index (Phi) is 5.40. The van der Waals surface area contributed by atoms with E-state index in [9.17, 15) is 18.0 Å². The predicted octanol–water partition coefficient (Wildman–Crippen LogP) is -0.356. The Morgan fingerprint density at radius 2 is 1.37 bits per heavy atom. The van der Waals surface area contributed by atoms with E-state index in [0.717, 1.165) is 0 Å². The van der Waals surface area contributed by atoms with E-state index in [1.807, 2.05) is 0 Å². The summed E-state index contributed by atoms with van der Waals surface area (Å²) in [6, 6.07) is -1.43.